The maximum absolute atomic E-state index is 13.1. The van der Waals surface area contributed by atoms with Crippen LogP contribution >= 0.6 is 35.8 Å². The molecule has 11 nitrogen and oxygen atoms in total. The van der Waals surface area contributed by atoms with Gasteiger partial charge in [0.1, 0.15) is 5.82 Å². The van der Waals surface area contributed by atoms with Crippen LogP contribution in [0.4, 0.5) is 5.82 Å². The van der Waals surface area contributed by atoms with E-state index in [0.29, 0.717) is 29.5 Å². The Morgan fingerprint density at radius 2 is 1.92 bits per heavy atom. The van der Waals surface area contributed by atoms with Crippen LogP contribution in [0.1, 0.15) is 25.7 Å². The zero-order chi connectivity index (χ0) is 25.8. The predicted octanol–water partition coefficient (Wildman–Crippen LogP) is 1.09. The van der Waals surface area contributed by atoms with Crippen LogP contribution in [0.5, 0.6) is 0 Å². The second-order valence-electron chi connectivity index (χ2n) is 9.13. The molecule has 37 heavy (non-hydrogen) atoms. The molecule has 1 aromatic heterocycles. The van der Waals surface area contributed by atoms with Gasteiger partial charge in [0.2, 0.25) is 5.91 Å². The largest absolute Gasteiger partial charge is 0.369 e. The summed E-state index contributed by atoms with van der Waals surface area (Å²) in [6.07, 6.45) is 3.34. The molecule has 0 radical (unpaired) electrons. The highest BCUT2D eigenvalue weighted by molar-refractivity contribution is 8.19. The molecule has 0 spiro atoms. The lowest BCUT2D eigenvalue weighted by Crippen LogP contribution is -2.57. The minimum absolute atomic E-state index is 0. The van der Waals surface area contributed by atoms with E-state index in [1.165, 1.54) is 35.7 Å². The van der Waals surface area contributed by atoms with E-state index in [-0.39, 0.29) is 30.6 Å². The number of rotatable bonds is 5. The average molecular weight is 571 g/mol. The van der Waals surface area contributed by atoms with Gasteiger partial charge in [0, 0.05) is 36.2 Å². The molecule has 3 aliphatic rings. The summed E-state index contributed by atoms with van der Waals surface area (Å²) in [5.41, 5.74) is 6.78. The Hall–Kier alpha value is -2.67. The number of halogens is 2. The van der Waals surface area contributed by atoms with Gasteiger partial charge in [-0.15, -0.1) is 12.4 Å². The SMILES string of the molecule is CN1CCC2=C(C1)SC(C(=O)N[C@@H]1C[C@@H](C(N)=O)CC[C@@H]1NC(=O)C(=O)Nc1ccc(Cl)cn1)=NC2.Cl. The lowest BCUT2D eigenvalue weighted by atomic mass is 9.81. The average Bonchev–Trinajstić information content (AvgIpc) is 2.85. The molecular weight excluding hydrogens is 541 g/mol. The molecule has 3 heterocycles. The van der Waals surface area contributed by atoms with E-state index in [9.17, 15) is 19.2 Å². The second-order valence-corrected chi connectivity index (χ2v) is 10.6. The van der Waals surface area contributed by atoms with Gasteiger partial charge >= 0.3 is 11.8 Å². The van der Waals surface area contributed by atoms with Crippen molar-refractivity contribution < 1.29 is 19.2 Å². The second kappa shape index (κ2) is 12.7. The van der Waals surface area contributed by atoms with Gasteiger partial charge in [-0.1, -0.05) is 23.4 Å². The normalized spacial score (nSPS) is 23.6. The Labute approximate surface area is 229 Å². The first kappa shape index (κ1) is 28.9. The number of nitrogens with one attached hydrogen (secondary N) is 3. The number of carbonyl (C=O) groups excluding carboxylic acids is 4. The summed E-state index contributed by atoms with van der Waals surface area (Å²) < 4.78 is 0. The highest BCUT2D eigenvalue weighted by Crippen LogP contribution is 2.32. The molecule has 1 aliphatic carbocycles. The highest BCUT2D eigenvalue weighted by Gasteiger charge is 2.37. The number of primary amides is 1. The maximum Gasteiger partial charge on any atom is 0.314 e. The van der Waals surface area contributed by atoms with Gasteiger partial charge in [-0.2, -0.15) is 0 Å². The number of carbonyl (C=O) groups is 4. The van der Waals surface area contributed by atoms with Gasteiger partial charge in [0.25, 0.3) is 5.91 Å². The van der Waals surface area contributed by atoms with E-state index >= 15 is 0 Å². The summed E-state index contributed by atoms with van der Waals surface area (Å²) in [5, 5.41) is 8.76. The molecule has 2 aliphatic heterocycles. The van der Waals surface area contributed by atoms with Gasteiger partial charge < -0.3 is 26.6 Å². The molecule has 14 heteroatoms. The van der Waals surface area contributed by atoms with Crippen LogP contribution in [0, 0.1) is 5.92 Å². The summed E-state index contributed by atoms with van der Waals surface area (Å²) in [4.78, 5) is 61.7. The molecule has 4 amide bonds. The lowest BCUT2D eigenvalue weighted by Gasteiger charge is -2.36. The first-order valence-electron chi connectivity index (χ1n) is 11.6. The molecule has 4 rings (SSSR count). The fraction of sp³-hybridized carbons (Fsp3) is 0.478. The summed E-state index contributed by atoms with van der Waals surface area (Å²) in [7, 11) is 2.04. The lowest BCUT2D eigenvalue weighted by molar-refractivity contribution is -0.137. The summed E-state index contributed by atoms with van der Waals surface area (Å²) >= 11 is 7.15. The Morgan fingerprint density at radius 1 is 1.14 bits per heavy atom. The number of pyridine rings is 1. The van der Waals surface area contributed by atoms with E-state index in [0.717, 1.165) is 24.4 Å². The number of thioether (sulfide) groups is 1. The smallest absolute Gasteiger partial charge is 0.314 e. The molecule has 0 aromatic carbocycles. The van der Waals surface area contributed by atoms with Crippen LogP contribution in [-0.2, 0) is 19.2 Å². The molecule has 1 aromatic rings. The van der Waals surface area contributed by atoms with Crippen LogP contribution in [-0.4, -0.2) is 77.3 Å². The number of nitrogens with zero attached hydrogens (tertiary/aromatic N) is 3. The minimum atomic E-state index is -0.903. The summed E-state index contributed by atoms with van der Waals surface area (Å²) in [5.74, 6) is -2.88. The molecule has 0 bridgehead atoms. The predicted molar refractivity (Wildman–Crippen MR) is 145 cm³/mol. The topological polar surface area (TPSA) is 159 Å². The molecule has 0 unspecified atom stereocenters. The number of nitrogens with two attached hydrogens (primary N) is 1. The van der Waals surface area contributed by atoms with E-state index in [1.807, 2.05) is 7.05 Å². The van der Waals surface area contributed by atoms with E-state index in [1.54, 1.807) is 0 Å². The number of hydrogen-bond donors (Lipinski definition) is 4. The van der Waals surface area contributed by atoms with Crippen LogP contribution in [0.25, 0.3) is 0 Å². The standard InChI is InChI=1S/C23H28ClN7O4S.ClH/c1-31-7-6-13-9-27-23(36-17(13)11-31)22(35)29-16-8-12(19(25)32)2-4-15(16)28-20(33)21(34)30-18-5-3-14(24)10-26-18;/h3,5,10,12,15-16H,2,4,6-9,11H2,1H3,(H2,25,32)(H,28,33)(H,29,35)(H,26,30,34);1H/t12-,15-,16+;/m0./s1. The van der Waals surface area contributed by atoms with Gasteiger partial charge in [-0.25, -0.2) is 4.98 Å². The fourth-order valence-corrected chi connectivity index (χ4v) is 5.68. The minimum Gasteiger partial charge on any atom is -0.369 e. The van der Waals surface area contributed by atoms with Crippen LogP contribution < -0.4 is 21.7 Å². The highest BCUT2D eigenvalue weighted by atomic mass is 35.5. The maximum atomic E-state index is 13.1. The van der Waals surface area contributed by atoms with Crippen molar-refractivity contribution in [2.45, 2.75) is 37.8 Å². The van der Waals surface area contributed by atoms with Crippen molar-refractivity contribution >= 4 is 70.3 Å². The van der Waals surface area contributed by atoms with Crippen LogP contribution in [0.3, 0.4) is 0 Å². The molecule has 0 saturated heterocycles. The Kier molecular flexibility index (Phi) is 9.93. The van der Waals surface area contributed by atoms with Crippen molar-refractivity contribution in [2.24, 2.45) is 16.6 Å². The summed E-state index contributed by atoms with van der Waals surface area (Å²) in [6.45, 7) is 2.23. The van der Waals surface area contributed by atoms with Crippen molar-refractivity contribution in [1.29, 1.82) is 0 Å². The van der Waals surface area contributed by atoms with Crippen molar-refractivity contribution in [2.75, 3.05) is 32.0 Å². The third kappa shape index (κ3) is 7.44. The zero-order valence-corrected chi connectivity index (χ0v) is 22.5. The third-order valence-corrected chi connectivity index (χ3v) is 7.89. The zero-order valence-electron chi connectivity index (χ0n) is 20.2. The fourth-order valence-electron chi connectivity index (χ4n) is 4.46. The van der Waals surface area contributed by atoms with E-state index in [4.69, 9.17) is 17.3 Å². The van der Waals surface area contributed by atoms with Crippen molar-refractivity contribution in [3.05, 3.63) is 33.8 Å². The van der Waals surface area contributed by atoms with Crippen molar-refractivity contribution in [3.8, 4) is 0 Å². The molecule has 3 atom stereocenters. The quantitative estimate of drug-likeness (QED) is 0.386. The van der Waals surface area contributed by atoms with Crippen LogP contribution in [0.2, 0.25) is 5.02 Å². The van der Waals surface area contributed by atoms with Gasteiger partial charge in [0.05, 0.1) is 17.6 Å². The van der Waals surface area contributed by atoms with E-state index in [2.05, 4.69) is 30.8 Å². The van der Waals surface area contributed by atoms with Crippen molar-refractivity contribution in [3.63, 3.8) is 0 Å². The molecule has 1 saturated carbocycles. The number of hydrogen-bond acceptors (Lipinski definition) is 8. The Balaban J connectivity index is 0.00000380. The molecule has 5 N–H and O–H groups in total. The molecule has 200 valence electrons. The third-order valence-electron chi connectivity index (χ3n) is 6.49. The van der Waals surface area contributed by atoms with Gasteiger partial charge in [-0.05, 0) is 50.4 Å². The number of anilines is 1. The Bertz CT molecular complexity index is 1130. The van der Waals surface area contributed by atoms with Gasteiger partial charge in [-0.3, -0.25) is 24.2 Å². The number of aromatic nitrogens is 1. The number of aliphatic imine (C=N–C) groups is 1. The van der Waals surface area contributed by atoms with Crippen molar-refractivity contribution in [1.82, 2.24) is 20.5 Å². The first-order valence-corrected chi connectivity index (χ1v) is 12.8. The Morgan fingerprint density at radius 3 is 2.62 bits per heavy atom. The molecule has 1 fully saturated rings. The first-order chi connectivity index (χ1) is 17.2. The number of likely N-dealkylation sites (N-methyl/N-ethyl adjacent to an activating group) is 1. The van der Waals surface area contributed by atoms with E-state index < -0.39 is 35.7 Å². The molecular formula is C23H29Cl2N7O4S. The van der Waals surface area contributed by atoms with Gasteiger partial charge in [0.15, 0.2) is 5.04 Å². The van der Waals surface area contributed by atoms with Crippen LogP contribution in [0.15, 0.2) is 33.8 Å². The monoisotopic (exact) mass is 569 g/mol. The summed E-state index contributed by atoms with van der Waals surface area (Å²) in [6, 6.07) is 1.85. The number of amides is 4.